The molecule has 2 aromatic heterocycles. The molecule has 178 valence electrons. The molecule has 0 unspecified atom stereocenters. The second-order valence-corrected chi connectivity index (χ2v) is 8.94. The maximum atomic E-state index is 12.8. The maximum Gasteiger partial charge on any atom is 0.433 e. The van der Waals surface area contributed by atoms with Crippen molar-refractivity contribution in [2.45, 2.75) is 51.9 Å². The van der Waals surface area contributed by atoms with Crippen LogP contribution in [-0.2, 0) is 11.0 Å². The van der Waals surface area contributed by atoms with Crippen molar-refractivity contribution in [3.05, 3.63) is 23.7 Å². The smallest absolute Gasteiger partial charge is 0.354 e. The Morgan fingerprint density at radius 3 is 2.61 bits per heavy atom. The van der Waals surface area contributed by atoms with Crippen molar-refractivity contribution >= 4 is 29.3 Å². The van der Waals surface area contributed by atoms with Crippen LogP contribution >= 0.6 is 0 Å². The maximum absolute atomic E-state index is 12.8. The van der Waals surface area contributed by atoms with Gasteiger partial charge in [0.05, 0.1) is 5.69 Å². The molecule has 2 aromatic rings. The summed E-state index contributed by atoms with van der Waals surface area (Å²) in [7, 11) is 1.86. The molecular weight excluding hydrogens is 437 g/mol. The number of halogens is 3. The molecule has 33 heavy (non-hydrogen) atoms. The topological polar surface area (TPSA) is 108 Å². The molecule has 3 heterocycles. The van der Waals surface area contributed by atoms with Crippen LogP contribution in [0, 0.1) is 18.8 Å². The van der Waals surface area contributed by atoms with Crippen molar-refractivity contribution < 1.29 is 18.0 Å². The van der Waals surface area contributed by atoms with Crippen molar-refractivity contribution in [3.63, 3.8) is 0 Å². The molecule has 1 fully saturated rings. The minimum absolute atomic E-state index is 0.0135. The van der Waals surface area contributed by atoms with Crippen LogP contribution in [0.3, 0.4) is 0 Å². The highest BCUT2D eigenvalue weighted by molar-refractivity contribution is 6.03. The summed E-state index contributed by atoms with van der Waals surface area (Å²) in [5, 5.41) is 9.15. The second-order valence-electron chi connectivity index (χ2n) is 8.94. The van der Waals surface area contributed by atoms with Gasteiger partial charge in [-0.1, -0.05) is 13.8 Å². The fourth-order valence-corrected chi connectivity index (χ4v) is 4.32. The lowest BCUT2D eigenvalue weighted by Gasteiger charge is -2.37. The first-order valence-electron chi connectivity index (χ1n) is 10.9. The lowest BCUT2D eigenvalue weighted by Crippen LogP contribution is -2.49. The number of rotatable bonds is 6. The number of carbonyl (C=O) groups is 1. The van der Waals surface area contributed by atoms with Gasteiger partial charge >= 0.3 is 6.18 Å². The molecule has 1 aliphatic carbocycles. The van der Waals surface area contributed by atoms with Crippen LogP contribution < -0.4 is 20.9 Å². The minimum atomic E-state index is -4.50. The van der Waals surface area contributed by atoms with E-state index in [1.807, 2.05) is 32.7 Å². The van der Waals surface area contributed by atoms with Crippen molar-refractivity contribution in [3.8, 4) is 0 Å². The zero-order valence-electron chi connectivity index (χ0n) is 18.9. The van der Waals surface area contributed by atoms with E-state index in [1.165, 1.54) is 0 Å². The summed E-state index contributed by atoms with van der Waals surface area (Å²) in [6.07, 6.45) is -1.86. The average molecular weight is 464 g/mol. The van der Waals surface area contributed by atoms with Crippen LogP contribution in [-0.4, -0.2) is 51.5 Å². The van der Waals surface area contributed by atoms with Crippen molar-refractivity contribution in [1.29, 1.82) is 0 Å². The van der Waals surface area contributed by atoms with Gasteiger partial charge in [0.1, 0.15) is 17.4 Å². The minimum Gasteiger partial charge on any atom is -0.354 e. The molecule has 3 N–H and O–H groups in total. The largest absolute Gasteiger partial charge is 0.433 e. The Kier molecular flexibility index (Phi) is 6.02. The van der Waals surface area contributed by atoms with E-state index in [0.717, 1.165) is 25.1 Å². The Labute approximate surface area is 189 Å². The Balaban J connectivity index is 1.33. The zero-order chi connectivity index (χ0) is 23.9. The SMILES string of the molecule is Cc1nc(NCC2CC(Nc3nccc(C(F)(F)F)n3)C2)nc2c1NC(=O)[C@H](C(C)C)N2C. The summed E-state index contributed by atoms with van der Waals surface area (Å²) in [5.41, 5.74) is 0.344. The van der Waals surface area contributed by atoms with Crippen LogP contribution in [0.2, 0.25) is 0 Å². The van der Waals surface area contributed by atoms with E-state index in [9.17, 15) is 18.0 Å². The number of fused-ring (bicyclic) bond motifs is 1. The molecule has 0 bridgehead atoms. The monoisotopic (exact) mass is 464 g/mol. The highest BCUT2D eigenvalue weighted by Gasteiger charge is 2.36. The first-order chi connectivity index (χ1) is 15.5. The molecule has 0 saturated heterocycles. The molecule has 4 rings (SSSR count). The Morgan fingerprint density at radius 2 is 1.94 bits per heavy atom. The summed E-state index contributed by atoms with van der Waals surface area (Å²) < 4.78 is 38.4. The Bertz CT molecular complexity index is 1040. The van der Waals surface area contributed by atoms with E-state index in [-0.39, 0.29) is 29.9 Å². The van der Waals surface area contributed by atoms with Crippen molar-refractivity contribution in [2.24, 2.45) is 11.8 Å². The molecule has 1 aliphatic heterocycles. The van der Waals surface area contributed by atoms with E-state index in [4.69, 9.17) is 0 Å². The van der Waals surface area contributed by atoms with Gasteiger partial charge < -0.3 is 20.9 Å². The fourth-order valence-electron chi connectivity index (χ4n) is 4.32. The van der Waals surface area contributed by atoms with Gasteiger partial charge in [-0.2, -0.15) is 18.2 Å². The Morgan fingerprint density at radius 1 is 1.21 bits per heavy atom. The number of alkyl halides is 3. The number of anilines is 4. The quantitative estimate of drug-likeness (QED) is 0.598. The Hall–Kier alpha value is -3.18. The third kappa shape index (κ3) is 4.79. The van der Waals surface area contributed by atoms with E-state index in [0.29, 0.717) is 35.6 Å². The van der Waals surface area contributed by atoms with E-state index in [1.54, 1.807) is 0 Å². The molecule has 1 atom stereocenters. The zero-order valence-corrected chi connectivity index (χ0v) is 18.9. The average Bonchev–Trinajstić information content (AvgIpc) is 2.70. The van der Waals surface area contributed by atoms with Crippen LogP contribution in [0.15, 0.2) is 12.3 Å². The summed E-state index contributed by atoms with van der Waals surface area (Å²) in [4.78, 5) is 30.8. The molecule has 0 aromatic carbocycles. The van der Waals surface area contributed by atoms with Gasteiger partial charge in [-0.3, -0.25) is 4.79 Å². The summed E-state index contributed by atoms with van der Waals surface area (Å²) in [6.45, 7) is 6.44. The molecule has 1 saturated carbocycles. The standard InChI is InChI=1S/C21H27F3N8O/c1-10(2)16-18(33)30-15-11(3)27-20(31-17(15)32(16)4)26-9-12-7-13(8-12)28-19-25-6-5-14(29-19)21(22,23)24/h5-6,10,12-13,16H,7-9H2,1-4H3,(H,30,33)(H,25,28,29)(H,26,27,31)/t12?,13?,16-/m0/s1. The first-order valence-corrected chi connectivity index (χ1v) is 10.9. The van der Waals surface area contributed by atoms with Crippen LogP contribution in [0.25, 0.3) is 0 Å². The number of nitrogens with one attached hydrogen (secondary N) is 3. The van der Waals surface area contributed by atoms with Crippen molar-refractivity contribution in [1.82, 2.24) is 19.9 Å². The fraction of sp³-hybridized carbons (Fsp3) is 0.571. The van der Waals surface area contributed by atoms with Crippen LogP contribution in [0.5, 0.6) is 0 Å². The van der Waals surface area contributed by atoms with Gasteiger partial charge in [0.15, 0.2) is 5.82 Å². The van der Waals surface area contributed by atoms with Gasteiger partial charge in [-0.05, 0) is 37.7 Å². The van der Waals surface area contributed by atoms with E-state index in [2.05, 4.69) is 35.9 Å². The predicted octanol–water partition coefficient (Wildman–Crippen LogP) is 3.31. The number of aryl methyl sites for hydroxylation is 1. The van der Waals surface area contributed by atoms with Gasteiger partial charge in [-0.25, -0.2) is 15.0 Å². The summed E-state index contributed by atoms with van der Waals surface area (Å²) in [6, 6.07) is 0.557. The molecule has 9 nitrogen and oxygen atoms in total. The first kappa shape index (κ1) is 23.0. The lowest BCUT2D eigenvalue weighted by atomic mass is 9.80. The molecule has 1 amide bonds. The van der Waals surface area contributed by atoms with Gasteiger partial charge in [0.25, 0.3) is 0 Å². The summed E-state index contributed by atoms with van der Waals surface area (Å²) in [5.74, 6) is 1.52. The van der Waals surface area contributed by atoms with Crippen LogP contribution in [0.4, 0.5) is 36.6 Å². The number of likely N-dealkylation sites (N-methyl/N-ethyl adjacent to an activating group) is 1. The summed E-state index contributed by atoms with van der Waals surface area (Å²) >= 11 is 0. The van der Waals surface area contributed by atoms with Crippen molar-refractivity contribution in [2.75, 3.05) is 34.4 Å². The number of amides is 1. The van der Waals surface area contributed by atoms with E-state index < -0.39 is 11.9 Å². The highest BCUT2D eigenvalue weighted by Crippen LogP contribution is 2.35. The highest BCUT2D eigenvalue weighted by atomic mass is 19.4. The number of hydrogen-bond acceptors (Lipinski definition) is 8. The number of aromatic nitrogens is 4. The molecular formula is C21H27F3N8O. The molecule has 12 heteroatoms. The number of hydrogen-bond donors (Lipinski definition) is 3. The van der Waals surface area contributed by atoms with Crippen LogP contribution in [0.1, 0.15) is 38.1 Å². The molecule has 0 spiro atoms. The predicted molar refractivity (Wildman–Crippen MR) is 118 cm³/mol. The second kappa shape index (κ2) is 8.64. The number of nitrogens with zero attached hydrogens (tertiary/aromatic N) is 5. The molecule has 2 aliphatic rings. The van der Waals surface area contributed by atoms with E-state index >= 15 is 0 Å². The normalized spacial score (nSPS) is 22.5. The lowest BCUT2D eigenvalue weighted by molar-refractivity contribution is -0.141. The third-order valence-corrected chi connectivity index (χ3v) is 6.03. The van der Waals surface area contributed by atoms with Gasteiger partial charge in [0, 0.05) is 25.8 Å². The van der Waals surface area contributed by atoms with Gasteiger partial charge in [-0.15, -0.1) is 0 Å². The third-order valence-electron chi connectivity index (χ3n) is 6.03. The molecule has 0 radical (unpaired) electrons. The number of carbonyl (C=O) groups excluding carboxylic acids is 1. The van der Waals surface area contributed by atoms with Gasteiger partial charge in [0.2, 0.25) is 17.8 Å².